The van der Waals surface area contributed by atoms with Crippen LogP contribution in [-0.4, -0.2) is 17.7 Å². The number of carbonyl (C=O) groups is 1. The standard InChI is InChI=1S/C14H15FO3/c15-13-7-10(4-6-14(16)17)3-5-12(13)9-18-8-11-1-2-11/h3-7,11H,1-2,8-9H2,(H,16,17). The molecule has 4 heteroatoms. The van der Waals surface area contributed by atoms with Gasteiger partial charge < -0.3 is 9.84 Å². The van der Waals surface area contributed by atoms with Gasteiger partial charge in [0, 0.05) is 18.2 Å². The van der Waals surface area contributed by atoms with Gasteiger partial charge in [-0.05, 0) is 36.5 Å². The molecule has 96 valence electrons. The van der Waals surface area contributed by atoms with E-state index in [1.165, 1.54) is 25.0 Å². The van der Waals surface area contributed by atoms with Crippen LogP contribution in [0.3, 0.4) is 0 Å². The van der Waals surface area contributed by atoms with Crippen LogP contribution in [0.4, 0.5) is 4.39 Å². The van der Waals surface area contributed by atoms with Crippen molar-refractivity contribution in [1.29, 1.82) is 0 Å². The first kappa shape index (κ1) is 12.8. The van der Waals surface area contributed by atoms with E-state index in [2.05, 4.69) is 0 Å². The maximum Gasteiger partial charge on any atom is 0.328 e. The molecule has 0 heterocycles. The summed E-state index contributed by atoms with van der Waals surface area (Å²) in [6.07, 6.45) is 4.76. The molecule has 1 aromatic carbocycles. The van der Waals surface area contributed by atoms with E-state index in [1.807, 2.05) is 0 Å². The van der Waals surface area contributed by atoms with E-state index < -0.39 is 5.97 Å². The van der Waals surface area contributed by atoms with Crippen molar-refractivity contribution in [2.75, 3.05) is 6.61 Å². The summed E-state index contributed by atoms with van der Waals surface area (Å²) in [5.41, 5.74) is 1.03. The van der Waals surface area contributed by atoms with E-state index in [9.17, 15) is 9.18 Å². The highest BCUT2D eigenvalue weighted by Gasteiger charge is 2.21. The van der Waals surface area contributed by atoms with Crippen molar-refractivity contribution in [3.05, 3.63) is 41.2 Å². The Morgan fingerprint density at radius 2 is 2.28 bits per heavy atom. The van der Waals surface area contributed by atoms with Crippen LogP contribution in [0.25, 0.3) is 6.08 Å². The fourth-order valence-electron chi connectivity index (χ4n) is 1.57. The lowest BCUT2D eigenvalue weighted by atomic mass is 10.1. The van der Waals surface area contributed by atoms with Crippen LogP contribution in [-0.2, 0) is 16.1 Å². The summed E-state index contributed by atoms with van der Waals surface area (Å²) in [5.74, 6) is -0.753. The predicted octanol–water partition coefficient (Wildman–Crippen LogP) is 2.85. The lowest BCUT2D eigenvalue weighted by Gasteiger charge is -2.05. The maximum absolute atomic E-state index is 13.7. The van der Waals surface area contributed by atoms with Gasteiger partial charge >= 0.3 is 5.97 Å². The number of halogens is 1. The lowest BCUT2D eigenvalue weighted by molar-refractivity contribution is -0.131. The summed E-state index contributed by atoms with van der Waals surface area (Å²) in [4.78, 5) is 10.3. The van der Waals surface area contributed by atoms with E-state index in [-0.39, 0.29) is 12.4 Å². The molecule has 0 spiro atoms. The number of ether oxygens (including phenoxy) is 1. The summed E-state index contributed by atoms with van der Waals surface area (Å²) in [5, 5.41) is 8.47. The molecule has 18 heavy (non-hydrogen) atoms. The van der Waals surface area contributed by atoms with Gasteiger partial charge in [-0.3, -0.25) is 0 Å². The molecule has 0 unspecified atom stereocenters. The van der Waals surface area contributed by atoms with E-state index in [0.717, 1.165) is 6.08 Å². The predicted molar refractivity (Wildman–Crippen MR) is 65.4 cm³/mol. The van der Waals surface area contributed by atoms with Gasteiger partial charge in [-0.15, -0.1) is 0 Å². The molecule has 1 aliphatic carbocycles. The van der Waals surface area contributed by atoms with Crippen LogP contribution in [0.2, 0.25) is 0 Å². The second kappa shape index (κ2) is 5.78. The average Bonchev–Trinajstić information content (AvgIpc) is 3.13. The Kier molecular flexibility index (Phi) is 4.10. The van der Waals surface area contributed by atoms with E-state index >= 15 is 0 Å². The average molecular weight is 250 g/mol. The largest absolute Gasteiger partial charge is 0.478 e. The second-order valence-electron chi connectivity index (χ2n) is 4.48. The molecule has 1 aromatic rings. The van der Waals surface area contributed by atoms with Crippen molar-refractivity contribution in [3.63, 3.8) is 0 Å². The molecule has 0 amide bonds. The molecule has 1 saturated carbocycles. The molecule has 1 fully saturated rings. The smallest absolute Gasteiger partial charge is 0.328 e. The van der Waals surface area contributed by atoms with Gasteiger partial charge in [0.05, 0.1) is 6.61 Å². The fraction of sp³-hybridized carbons (Fsp3) is 0.357. The Hall–Kier alpha value is -1.68. The first-order chi connectivity index (χ1) is 8.65. The molecule has 0 radical (unpaired) electrons. The van der Waals surface area contributed by atoms with Gasteiger partial charge in [-0.25, -0.2) is 9.18 Å². The third-order valence-electron chi connectivity index (χ3n) is 2.80. The topological polar surface area (TPSA) is 46.5 Å². The summed E-state index contributed by atoms with van der Waals surface area (Å²) in [7, 11) is 0. The number of aliphatic carboxylic acids is 1. The molecule has 0 aliphatic heterocycles. The summed E-state index contributed by atoms with van der Waals surface area (Å²) in [6.45, 7) is 0.964. The zero-order valence-electron chi connectivity index (χ0n) is 9.93. The van der Waals surface area contributed by atoms with Crippen LogP contribution in [0.1, 0.15) is 24.0 Å². The number of carboxylic acids is 1. The van der Waals surface area contributed by atoms with Crippen molar-refractivity contribution >= 4 is 12.0 Å². The van der Waals surface area contributed by atoms with Crippen LogP contribution in [0.5, 0.6) is 0 Å². The van der Waals surface area contributed by atoms with Crippen LogP contribution in [0.15, 0.2) is 24.3 Å². The molecule has 0 aromatic heterocycles. The van der Waals surface area contributed by atoms with Gasteiger partial charge in [0.15, 0.2) is 0 Å². The molecule has 0 atom stereocenters. The van der Waals surface area contributed by atoms with E-state index in [1.54, 1.807) is 12.1 Å². The van der Waals surface area contributed by atoms with Crippen molar-refractivity contribution in [2.24, 2.45) is 5.92 Å². The molecule has 2 rings (SSSR count). The minimum absolute atomic E-state index is 0.269. The van der Waals surface area contributed by atoms with E-state index in [0.29, 0.717) is 23.7 Å². The highest BCUT2D eigenvalue weighted by atomic mass is 19.1. The Morgan fingerprint density at radius 3 is 2.89 bits per heavy atom. The molecule has 0 bridgehead atoms. The number of carboxylic acid groups (broad SMARTS) is 1. The molecular weight excluding hydrogens is 235 g/mol. The Morgan fingerprint density at radius 1 is 1.50 bits per heavy atom. The molecule has 1 aliphatic rings. The molecule has 1 N–H and O–H groups in total. The zero-order chi connectivity index (χ0) is 13.0. The van der Waals surface area contributed by atoms with Crippen molar-refractivity contribution in [2.45, 2.75) is 19.4 Å². The van der Waals surface area contributed by atoms with Crippen molar-refractivity contribution < 1.29 is 19.0 Å². The third-order valence-corrected chi connectivity index (χ3v) is 2.80. The van der Waals surface area contributed by atoms with Gasteiger partial charge in [0.1, 0.15) is 5.82 Å². The number of benzene rings is 1. The first-order valence-electron chi connectivity index (χ1n) is 5.92. The van der Waals surface area contributed by atoms with E-state index in [4.69, 9.17) is 9.84 Å². The molecule has 3 nitrogen and oxygen atoms in total. The second-order valence-corrected chi connectivity index (χ2v) is 4.48. The maximum atomic E-state index is 13.7. The van der Waals surface area contributed by atoms with Crippen LogP contribution >= 0.6 is 0 Å². The molecule has 0 saturated heterocycles. The quantitative estimate of drug-likeness (QED) is 0.790. The molecular formula is C14H15FO3. The Balaban J connectivity index is 1.93. The fourth-order valence-corrected chi connectivity index (χ4v) is 1.57. The summed E-state index contributed by atoms with van der Waals surface area (Å²) in [6, 6.07) is 4.62. The third kappa shape index (κ3) is 3.96. The normalized spacial score (nSPS) is 15.2. The Labute approximate surface area is 105 Å². The minimum Gasteiger partial charge on any atom is -0.478 e. The number of hydrogen-bond donors (Lipinski definition) is 1. The number of hydrogen-bond acceptors (Lipinski definition) is 2. The first-order valence-corrected chi connectivity index (χ1v) is 5.92. The van der Waals surface area contributed by atoms with Crippen LogP contribution < -0.4 is 0 Å². The van der Waals surface area contributed by atoms with Gasteiger partial charge in [-0.1, -0.05) is 12.1 Å². The van der Waals surface area contributed by atoms with Gasteiger partial charge in [0.25, 0.3) is 0 Å². The SMILES string of the molecule is O=C(O)C=Cc1ccc(COCC2CC2)c(F)c1. The lowest BCUT2D eigenvalue weighted by Crippen LogP contribution is -1.99. The monoisotopic (exact) mass is 250 g/mol. The van der Waals surface area contributed by atoms with Crippen LogP contribution in [0, 0.1) is 11.7 Å². The Bertz CT molecular complexity index is 464. The number of rotatable bonds is 6. The highest BCUT2D eigenvalue weighted by Crippen LogP contribution is 2.29. The highest BCUT2D eigenvalue weighted by molar-refractivity contribution is 5.85. The summed E-state index contributed by atoms with van der Waals surface area (Å²) >= 11 is 0. The van der Waals surface area contributed by atoms with Crippen molar-refractivity contribution in [1.82, 2.24) is 0 Å². The van der Waals surface area contributed by atoms with Gasteiger partial charge in [0.2, 0.25) is 0 Å². The summed E-state index contributed by atoms with van der Waals surface area (Å²) < 4.78 is 19.1. The minimum atomic E-state index is -1.05. The van der Waals surface area contributed by atoms with Crippen molar-refractivity contribution in [3.8, 4) is 0 Å². The van der Waals surface area contributed by atoms with Gasteiger partial charge in [-0.2, -0.15) is 0 Å². The zero-order valence-corrected chi connectivity index (χ0v) is 9.93.